The van der Waals surface area contributed by atoms with Crippen molar-refractivity contribution in [2.45, 2.75) is 39.0 Å². The first kappa shape index (κ1) is 27.7. The Bertz CT molecular complexity index is 1220. The maximum atomic E-state index is 13.3. The molecule has 0 radical (unpaired) electrons. The van der Waals surface area contributed by atoms with Crippen LogP contribution in [0, 0.1) is 0 Å². The van der Waals surface area contributed by atoms with Crippen molar-refractivity contribution in [2.75, 3.05) is 44.7 Å². The molecule has 1 saturated heterocycles. The molecule has 11 nitrogen and oxygen atoms in total. The van der Waals surface area contributed by atoms with Gasteiger partial charge in [0.2, 0.25) is 0 Å². The number of piperazine rings is 1. The van der Waals surface area contributed by atoms with Crippen LogP contribution >= 0.6 is 0 Å². The topological polar surface area (TPSA) is 118 Å². The van der Waals surface area contributed by atoms with E-state index < -0.39 is 29.7 Å². The molecule has 2 aromatic carbocycles. The van der Waals surface area contributed by atoms with Crippen molar-refractivity contribution in [2.24, 2.45) is 0 Å². The molecule has 0 aromatic heterocycles. The molecule has 2 heterocycles. The summed E-state index contributed by atoms with van der Waals surface area (Å²) < 4.78 is 16.4. The van der Waals surface area contributed by atoms with Gasteiger partial charge in [0.15, 0.2) is 0 Å². The van der Waals surface area contributed by atoms with Crippen molar-refractivity contribution in [1.82, 2.24) is 15.1 Å². The third-order valence-corrected chi connectivity index (χ3v) is 6.32. The lowest BCUT2D eigenvalue weighted by Crippen LogP contribution is -2.51. The first-order valence-electron chi connectivity index (χ1n) is 12.8. The number of amides is 4. The summed E-state index contributed by atoms with van der Waals surface area (Å²) in [5, 5.41) is 2.56. The molecule has 2 aliphatic heterocycles. The average molecular weight is 539 g/mol. The molecular formula is C28H34N4O7. The van der Waals surface area contributed by atoms with Crippen molar-refractivity contribution in [3.63, 3.8) is 0 Å². The number of nitrogens with zero attached hydrogens (tertiary/aromatic N) is 3. The Balaban J connectivity index is 1.35. The smallest absolute Gasteiger partial charge is 0.410 e. The van der Waals surface area contributed by atoms with E-state index in [2.05, 4.69) is 5.32 Å². The fourth-order valence-corrected chi connectivity index (χ4v) is 4.27. The molecule has 4 amide bonds. The number of ether oxygens (including phenoxy) is 3. The zero-order chi connectivity index (χ0) is 28.2. The number of carbonyl (C=O) groups is 4. The quantitative estimate of drug-likeness (QED) is 0.636. The van der Waals surface area contributed by atoms with Crippen LogP contribution in [0.15, 0.2) is 48.5 Å². The Morgan fingerprint density at radius 1 is 1.00 bits per heavy atom. The molecule has 0 saturated carbocycles. The Kier molecular flexibility index (Phi) is 8.27. The van der Waals surface area contributed by atoms with Gasteiger partial charge in [-0.15, -0.1) is 0 Å². The van der Waals surface area contributed by atoms with Gasteiger partial charge in [-0.1, -0.05) is 30.3 Å². The van der Waals surface area contributed by atoms with Gasteiger partial charge in [0.25, 0.3) is 11.8 Å². The minimum absolute atomic E-state index is 0.0783. The molecule has 1 N–H and O–H groups in total. The standard InChI is InChI=1S/C28H34N4O7/c1-28(2,3)39-26(35)29-21-18-37-23-11-10-20(16-22(23)30(4)25(21)34)24(33)31-12-14-32(15-13-31)27(36)38-17-19-8-6-5-7-9-19/h5-11,16,21H,12-15,17-18H2,1-4H3,(H,29,35)/t21-/m0/s1. The van der Waals surface area contributed by atoms with E-state index in [4.69, 9.17) is 14.2 Å². The number of anilines is 1. The largest absolute Gasteiger partial charge is 0.489 e. The van der Waals surface area contributed by atoms with Crippen LogP contribution in [0.25, 0.3) is 0 Å². The summed E-state index contributed by atoms with van der Waals surface area (Å²) in [4.78, 5) is 55.6. The van der Waals surface area contributed by atoms with Crippen LogP contribution in [-0.4, -0.2) is 85.3 Å². The number of nitrogens with one attached hydrogen (secondary N) is 1. The Morgan fingerprint density at radius 3 is 2.33 bits per heavy atom. The van der Waals surface area contributed by atoms with Crippen molar-refractivity contribution >= 4 is 29.7 Å². The highest BCUT2D eigenvalue weighted by atomic mass is 16.6. The summed E-state index contributed by atoms with van der Waals surface area (Å²) in [5.74, 6) is -0.197. The summed E-state index contributed by atoms with van der Waals surface area (Å²) >= 11 is 0. The average Bonchev–Trinajstić information content (AvgIpc) is 3.02. The first-order valence-corrected chi connectivity index (χ1v) is 12.8. The zero-order valence-electron chi connectivity index (χ0n) is 22.6. The van der Waals surface area contributed by atoms with Crippen LogP contribution in [0.3, 0.4) is 0 Å². The molecule has 2 aromatic rings. The fraction of sp³-hybridized carbons (Fsp3) is 0.429. The van der Waals surface area contributed by atoms with Gasteiger partial charge in [0, 0.05) is 38.8 Å². The van der Waals surface area contributed by atoms with E-state index in [0.29, 0.717) is 43.2 Å². The van der Waals surface area contributed by atoms with Crippen LogP contribution in [0.1, 0.15) is 36.7 Å². The van der Waals surface area contributed by atoms with E-state index in [1.165, 1.54) is 4.90 Å². The van der Waals surface area contributed by atoms with Gasteiger partial charge in [-0.3, -0.25) is 9.59 Å². The van der Waals surface area contributed by atoms with Crippen LogP contribution in [-0.2, 0) is 20.9 Å². The number of likely N-dealkylation sites (N-methyl/N-ethyl adjacent to an activating group) is 1. The second kappa shape index (κ2) is 11.6. The predicted molar refractivity (Wildman–Crippen MR) is 143 cm³/mol. The van der Waals surface area contributed by atoms with Crippen LogP contribution in [0.4, 0.5) is 15.3 Å². The molecule has 208 valence electrons. The molecule has 0 spiro atoms. The normalized spacial score (nSPS) is 17.5. The molecule has 1 atom stereocenters. The third kappa shape index (κ3) is 6.98. The number of hydrogen-bond acceptors (Lipinski definition) is 7. The zero-order valence-corrected chi connectivity index (χ0v) is 22.6. The minimum Gasteiger partial charge on any atom is -0.489 e. The number of rotatable bonds is 4. The number of carbonyl (C=O) groups excluding carboxylic acids is 4. The summed E-state index contributed by atoms with van der Waals surface area (Å²) in [5.41, 5.74) is 0.997. The van der Waals surface area contributed by atoms with Crippen LogP contribution in [0.2, 0.25) is 0 Å². The SMILES string of the molecule is CN1C(=O)[C@@H](NC(=O)OC(C)(C)C)COc2ccc(C(=O)N3CCN(C(=O)OCc4ccccc4)CC3)cc21. The molecular weight excluding hydrogens is 504 g/mol. The molecule has 4 rings (SSSR count). The van der Waals surface area contributed by atoms with Crippen molar-refractivity contribution in [3.8, 4) is 5.75 Å². The number of hydrogen-bond donors (Lipinski definition) is 1. The number of benzene rings is 2. The highest BCUT2D eigenvalue weighted by Gasteiger charge is 2.33. The summed E-state index contributed by atoms with van der Waals surface area (Å²) in [6.45, 7) is 6.71. The molecule has 0 unspecified atom stereocenters. The van der Waals surface area contributed by atoms with Crippen LogP contribution in [0.5, 0.6) is 5.75 Å². The molecule has 0 aliphatic carbocycles. The number of fused-ring (bicyclic) bond motifs is 1. The van der Waals surface area contributed by atoms with Crippen molar-refractivity contribution in [1.29, 1.82) is 0 Å². The summed E-state index contributed by atoms with van der Waals surface area (Å²) in [6.07, 6.45) is -1.13. The number of alkyl carbamates (subject to hydrolysis) is 1. The van der Waals surface area contributed by atoms with Gasteiger partial charge in [0.1, 0.15) is 30.6 Å². The van der Waals surface area contributed by atoms with Gasteiger partial charge >= 0.3 is 12.2 Å². The second-order valence-corrected chi connectivity index (χ2v) is 10.4. The van der Waals surface area contributed by atoms with Crippen LogP contribution < -0.4 is 15.0 Å². The molecule has 0 bridgehead atoms. The van der Waals surface area contributed by atoms with Crippen molar-refractivity contribution < 1.29 is 33.4 Å². The third-order valence-electron chi connectivity index (χ3n) is 6.32. The maximum absolute atomic E-state index is 13.3. The minimum atomic E-state index is -0.953. The monoisotopic (exact) mass is 538 g/mol. The Labute approximate surface area is 227 Å². The molecule has 2 aliphatic rings. The molecule has 1 fully saturated rings. The highest BCUT2D eigenvalue weighted by molar-refractivity contribution is 6.02. The molecule has 39 heavy (non-hydrogen) atoms. The lowest BCUT2D eigenvalue weighted by atomic mass is 10.1. The fourth-order valence-electron chi connectivity index (χ4n) is 4.27. The van der Waals surface area contributed by atoms with Gasteiger partial charge in [-0.05, 0) is 44.5 Å². The van der Waals surface area contributed by atoms with Gasteiger partial charge < -0.3 is 34.2 Å². The van der Waals surface area contributed by atoms with Gasteiger partial charge in [-0.2, -0.15) is 0 Å². The lowest BCUT2D eigenvalue weighted by molar-refractivity contribution is -0.120. The second-order valence-electron chi connectivity index (χ2n) is 10.4. The maximum Gasteiger partial charge on any atom is 0.410 e. The summed E-state index contributed by atoms with van der Waals surface area (Å²) in [6, 6.07) is 13.4. The lowest BCUT2D eigenvalue weighted by Gasteiger charge is -2.34. The van der Waals surface area contributed by atoms with E-state index in [9.17, 15) is 19.2 Å². The summed E-state index contributed by atoms with van der Waals surface area (Å²) in [7, 11) is 1.56. The van der Waals surface area contributed by atoms with E-state index >= 15 is 0 Å². The first-order chi connectivity index (χ1) is 18.5. The van der Waals surface area contributed by atoms with E-state index in [1.807, 2.05) is 30.3 Å². The molecule has 11 heteroatoms. The van der Waals surface area contributed by atoms with Gasteiger partial charge in [-0.25, -0.2) is 9.59 Å². The Morgan fingerprint density at radius 2 is 1.67 bits per heavy atom. The highest BCUT2D eigenvalue weighted by Crippen LogP contribution is 2.32. The van der Waals surface area contributed by atoms with E-state index in [1.54, 1.807) is 55.8 Å². The predicted octanol–water partition coefficient (Wildman–Crippen LogP) is 3.03. The van der Waals surface area contributed by atoms with E-state index in [-0.39, 0.29) is 19.1 Å². The Hall–Kier alpha value is -4.28. The van der Waals surface area contributed by atoms with Crippen molar-refractivity contribution in [3.05, 3.63) is 59.7 Å². The van der Waals surface area contributed by atoms with E-state index in [0.717, 1.165) is 5.56 Å². The van der Waals surface area contributed by atoms with Gasteiger partial charge in [0.05, 0.1) is 5.69 Å².